The summed E-state index contributed by atoms with van der Waals surface area (Å²) in [4.78, 5) is 13.3. The number of carbonyl (C=O) groups is 1. The maximum absolute atomic E-state index is 12.7. The molecule has 1 fully saturated rings. The Morgan fingerprint density at radius 1 is 1.45 bits per heavy atom. The normalized spacial score (nSPS) is 24.2. The van der Waals surface area contributed by atoms with Crippen molar-refractivity contribution in [3.8, 4) is 0 Å². The lowest BCUT2D eigenvalue weighted by Crippen LogP contribution is -2.50. The summed E-state index contributed by atoms with van der Waals surface area (Å²) >= 11 is 0. The van der Waals surface area contributed by atoms with Gasteiger partial charge >= 0.3 is 12.1 Å². The number of hydrogen-bond acceptors (Lipinski definition) is 4. The second-order valence-corrected chi connectivity index (χ2v) is 5.57. The zero-order valence-electron chi connectivity index (χ0n) is 12.0. The summed E-state index contributed by atoms with van der Waals surface area (Å²) in [6, 6.07) is 0. The van der Waals surface area contributed by atoms with Crippen molar-refractivity contribution in [3.05, 3.63) is 0 Å². The third-order valence-corrected chi connectivity index (χ3v) is 3.66. The molecule has 0 aromatic rings. The predicted octanol–water partition coefficient (Wildman–Crippen LogP) is 1.93. The Hall–Kier alpha value is -0.820. The Morgan fingerprint density at radius 2 is 2.10 bits per heavy atom. The lowest BCUT2D eigenvalue weighted by atomic mass is 9.95. The summed E-state index contributed by atoms with van der Waals surface area (Å²) in [5, 5.41) is 0. The van der Waals surface area contributed by atoms with E-state index in [0.29, 0.717) is 19.5 Å². The van der Waals surface area contributed by atoms with Crippen LogP contribution in [-0.4, -0.2) is 48.8 Å². The lowest BCUT2D eigenvalue weighted by Gasteiger charge is -2.35. The number of halogens is 3. The number of carbonyl (C=O) groups excluding carboxylic acids is 1. The maximum atomic E-state index is 12.7. The number of ether oxygens (including phenoxy) is 1. The first-order valence-electron chi connectivity index (χ1n) is 6.92. The minimum absolute atomic E-state index is 0.0115. The molecule has 2 unspecified atom stereocenters. The Morgan fingerprint density at radius 3 is 2.65 bits per heavy atom. The fourth-order valence-electron chi connectivity index (χ4n) is 2.31. The SMILES string of the molecule is CCOC(=O)C(C)(N)CCN1CCCC(C(F)(F)F)C1. The molecule has 2 N–H and O–H groups in total. The predicted molar refractivity (Wildman–Crippen MR) is 69.1 cm³/mol. The van der Waals surface area contributed by atoms with E-state index in [1.165, 1.54) is 0 Å². The average molecular weight is 296 g/mol. The number of nitrogens with two attached hydrogens (primary N) is 1. The van der Waals surface area contributed by atoms with Crippen molar-refractivity contribution in [2.24, 2.45) is 11.7 Å². The highest BCUT2D eigenvalue weighted by molar-refractivity contribution is 5.79. The molecule has 0 aromatic carbocycles. The van der Waals surface area contributed by atoms with Crippen LogP contribution >= 0.6 is 0 Å². The quantitative estimate of drug-likeness (QED) is 0.788. The first-order valence-corrected chi connectivity index (χ1v) is 6.92. The van der Waals surface area contributed by atoms with Crippen molar-refractivity contribution in [1.82, 2.24) is 4.90 Å². The number of hydrogen-bond donors (Lipinski definition) is 1. The summed E-state index contributed by atoms with van der Waals surface area (Å²) in [6.45, 7) is 4.46. The number of nitrogens with zero attached hydrogens (tertiary/aromatic N) is 1. The highest BCUT2D eigenvalue weighted by atomic mass is 19.4. The third kappa shape index (κ3) is 4.94. The van der Waals surface area contributed by atoms with Crippen molar-refractivity contribution in [2.45, 2.75) is 44.8 Å². The van der Waals surface area contributed by atoms with Crippen LogP contribution in [0.4, 0.5) is 13.2 Å². The van der Waals surface area contributed by atoms with Crippen molar-refractivity contribution in [1.29, 1.82) is 0 Å². The van der Waals surface area contributed by atoms with Crippen LogP contribution in [-0.2, 0) is 9.53 Å². The van der Waals surface area contributed by atoms with E-state index in [-0.39, 0.29) is 26.0 Å². The molecule has 20 heavy (non-hydrogen) atoms. The van der Waals surface area contributed by atoms with Crippen molar-refractivity contribution >= 4 is 5.97 Å². The van der Waals surface area contributed by atoms with Crippen LogP contribution < -0.4 is 5.73 Å². The van der Waals surface area contributed by atoms with Gasteiger partial charge in [-0.25, -0.2) is 0 Å². The molecular weight excluding hydrogens is 273 g/mol. The lowest BCUT2D eigenvalue weighted by molar-refractivity contribution is -0.187. The van der Waals surface area contributed by atoms with Gasteiger partial charge in [0.1, 0.15) is 5.54 Å². The first kappa shape index (κ1) is 17.2. The minimum atomic E-state index is -4.15. The molecular formula is C13H23F3N2O2. The van der Waals surface area contributed by atoms with Gasteiger partial charge in [-0.15, -0.1) is 0 Å². The van der Waals surface area contributed by atoms with Gasteiger partial charge in [0, 0.05) is 13.1 Å². The number of rotatable bonds is 5. The van der Waals surface area contributed by atoms with Crippen LogP contribution in [0.15, 0.2) is 0 Å². The minimum Gasteiger partial charge on any atom is -0.465 e. The van der Waals surface area contributed by atoms with Crippen LogP contribution in [0.5, 0.6) is 0 Å². The Labute approximate surface area is 117 Å². The molecule has 1 heterocycles. The summed E-state index contributed by atoms with van der Waals surface area (Å²) in [6.07, 6.45) is -3.16. The smallest absolute Gasteiger partial charge is 0.393 e. The topological polar surface area (TPSA) is 55.6 Å². The van der Waals surface area contributed by atoms with Gasteiger partial charge in [-0.3, -0.25) is 4.79 Å². The summed E-state index contributed by atoms with van der Waals surface area (Å²) in [7, 11) is 0. The molecule has 1 aliphatic heterocycles. The Kier molecular flexibility index (Phi) is 5.82. The molecule has 4 nitrogen and oxygen atoms in total. The third-order valence-electron chi connectivity index (χ3n) is 3.66. The summed E-state index contributed by atoms with van der Waals surface area (Å²) < 4.78 is 42.9. The molecule has 0 aliphatic carbocycles. The van der Waals surface area contributed by atoms with E-state index in [1.807, 2.05) is 0 Å². The van der Waals surface area contributed by atoms with E-state index in [4.69, 9.17) is 10.5 Å². The molecule has 1 saturated heterocycles. The largest absolute Gasteiger partial charge is 0.465 e. The second-order valence-electron chi connectivity index (χ2n) is 5.57. The summed E-state index contributed by atoms with van der Waals surface area (Å²) in [5.41, 5.74) is 4.71. The molecule has 0 aromatic heterocycles. The van der Waals surface area contributed by atoms with Crippen LogP contribution in [0.25, 0.3) is 0 Å². The highest BCUT2D eigenvalue weighted by Crippen LogP contribution is 2.33. The van der Waals surface area contributed by atoms with E-state index in [0.717, 1.165) is 0 Å². The zero-order valence-corrected chi connectivity index (χ0v) is 12.0. The molecule has 2 atom stereocenters. The van der Waals surface area contributed by atoms with Gasteiger partial charge in [0.2, 0.25) is 0 Å². The van der Waals surface area contributed by atoms with Gasteiger partial charge in [0.15, 0.2) is 0 Å². The molecule has 1 rings (SSSR count). The molecule has 0 saturated carbocycles. The van der Waals surface area contributed by atoms with Crippen LogP contribution in [0.3, 0.4) is 0 Å². The molecule has 118 valence electrons. The van der Waals surface area contributed by atoms with Crippen molar-refractivity contribution in [2.75, 3.05) is 26.2 Å². The molecule has 0 spiro atoms. The van der Waals surface area contributed by atoms with Gasteiger partial charge in [0.05, 0.1) is 12.5 Å². The number of alkyl halides is 3. The molecule has 0 amide bonds. The monoisotopic (exact) mass is 296 g/mol. The van der Waals surface area contributed by atoms with E-state index in [9.17, 15) is 18.0 Å². The standard InChI is InChI=1S/C13H23F3N2O2/c1-3-20-11(19)12(2,17)6-8-18-7-4-5-10(9-18)13(14,15)16/h10H,3-9,17H2,1-2H3. The van der Waals surface area contributed by atoms with Gasteiger partial charge in [-0.1, -0.05) is 0 Å². The zero-order chi connectivity index (χ0) is 15.4. The Balaban J connectivity index is 2.47. The fourth-order valence-corrected chi connectivity index (χ4v) is 2.31. The highest BCUT2D eigenvalue weighted by Gasteiger charge is 2.42. The van der Waals surface area contributed by atoms with Gasteiger partial charge in [-0.05, 0) is 39.7 Å². The first-order chi connectivity index (χ1) is 9.16. The van der Waals surface area contributed by atoms with Gasteiger partial charge in [0.25, 0.3) is 0 Å². The van der Waals surface area contributed by atoms with E-state index in [1.54, 1.807) is 18.7 Å². The van der Waals surface area contributed by atoms with Crippen LogP contribution in [0.2, 0.25) is 0 Å². The average Bonchev–Trinajstić information content (AvgIpc) is 2.36. The molecule has 7 heteroatoms. The Bertz CT molecular complexity index is 332. The van der Waals surface area contributed by atoms with E-state index < -0.39 is 23.6 Å². The summed E-state index contributed by atoms with van der Waals surface area (Å²) in [5.74, 6) is -1.78. The number of esters is 1. The fraction of sp³-hybridized carbons (Fsp3) is 0.923. The van der Waals surface area contributed by atoms with Crippen molar-refractivity contribution < 1.29 is 22.7 Å². The second kappa shape index (κ2) is 6.76. The van der Waals surface area contributed by atoms with Crippen molar-refractivity contribution in [3.63, 3.8) is 0 Å². The number of likely N-dealkylation sites (tertiary alicyclic amines) is 1. The van der Waals surface area contributed by atoms with Gasteiger partial charge < -0.3 is 15.4 Å². The van der Waals surface area contributed by atoms with E-state index >= 15 is 0 Å². The van der Waals surface area contributed by atoms with E-state index in [2.05, 4.69) is 0 Å². The molecule has 0 radical (unpaired) electrons. The number of piperidine rings is 1. The molecule has 1 aliphatic rings. The maximum Gasteiger partial charge on any atom is 0.393 e. The van der Waals surface area contributed by atoms with Gasteiger partial charge in [-0.2, -0.15) is 13.2 Å². The van der Waals surface area contributed by atoms with Crippen LogP contribution in [0, 0.1) is 5.92 Å². The van der Waals surface area contributed by atoms with Crippen LogP contribution in [0.1, 0.15) is 33.1 Å². The molecule has 0 bridgehead atoms.